The van der Waals surface area contributed by atoms with Crippen LogP contribution in [0.5, 0.6) is 0 Å². The van der Waals surface area contributed by atoms with Gasteiger partial charge in [0.1, 0.15) is 17.3 Å². The van der Waals surface area contributed by atoms with E-state index in [9.17, 15) is 9.59 Å². The minimum Gasteiger partial charge on any atom is -0.400 e. The third-order valence-electron chi connectivity index (χ3n) is 6.91. The molecule has 2 aliphatic rings. The number of carbonyl (C=O) groups excluding carboxylic acids is 2. The van der Waals surface area contributed by atoms with Gasteiger partial charge in [-0.2, -0.15) is 5.26 Å². The molecule has 1 aromatic carbocycles. The van der Waals surface area contributed by atoms with Crippen LogP contribution in [0.2, 0.25) is 0 Å². The van der Waals surface area contributed by atoms with E-state index in [-0.39, 0.29) is 11.7 Å². The largest absolute Gasteiger partial charge is 0.400 e. The lowest BCUT2D eigenvalue weighted by atomic mass is 9.85. The first kappa shape index (κ1) is 32.8. The first-order chi connectivity index (χ1) is 20.1. The van der Waals surface area contributed by atoms with Crippen molar-refractivity contribution in [1.29, 1.82) is 5.26 Å². The summed E-state index contributed by atoms with van der Waals surface area (Å²) in [6, 6.07) is 12.3. The van der Waals surface area contributed by atoms with Crippen LogP contribution in [0.15, 0.2) is 59.5 Å². The molecule has 2 aromatic heterocycles. The molecule has 0 bridgehead atoms. The van der Waals surface area contributed by atoms with Gasteiger partial charge in [-0.05, 0) is 73.8 Å². The fourth-order valence-electron chi connectivity index (χ4n) is 4.90. The van der Waals surface area contributed by atoms with Crippen molar-refractivity contribution in [2.24, 2.45) is 5.90 Å². The number of nitrogens with zero attached hydrogens (tertiary/aromatic N) is 3. The summed E-state index contributed by atoms with van der Waals surface area (Å²) < 4.78 is 5.14. The number of aromatic nitrogens is 2. The predicted molar refractivity (Wildman–Crippen MR) is 156 cm³/mol. The Morgan fingerprint density at radius 3 is 2.54 bits per heavy atom. The molecule has 0 spiro atoms. The zero-order valence-corrected chi connectivity index (χ0v) is 23.5. The number of likely N-dealkylation sites (tertiary alicyclic amines) is 1. The van der Waals surface area contributed by atoms with Crippen molar-refractivity contribution in [3.63, 3.8) is 0 Å². The van der Waals surface area contributed by atoms with Crippen LogP contribution in [-0.4, -0.2) is 64.6 Å². The number of anilines is 1. The summed E-state index contributed by atoms with van der Waals surface area (Å²) in [6.45, 7) is 1.59. The van der Waals surface area contributed by atoms with Crippen LogP contribution in [0.3, 0.4) is 0 Å². The van der Waals surface area contributed by atoms with Crippen molar-refractivity contribution in [1.82, 2.24) is 14.9 Å². The fraction of sp³-hybridized carbons (Fsp3) is 0.367. The molecule has 1 fully saturated rings. The van der Waals surface area contributed by atoms with Crippen molar-refractivity contribution in [3.05, 3.63) is 83.3 Å². The Morgan fingerprint density at radius 1 is 1.24 bits per heavy atom. The standard InChI is InChI=1S/C24H29N2O2.C5H3N3O.CH4O.H3NO/c1-25-23-10-9-20(16-22(23)19-6-3-2-4-7-19)18-11-13-26(14-12-18)24(27)21-8-5-15-28-17-21;6-1-4-2-7-5(3-9)8-4;2*1-2/h5-6,8-10,15-18,25H,2-4,7,11-14H2,1H3;2-3H,(H,7,8);2H,1H3;2H,1H2/q+1;;;. The van der Waals surface area contributed by atoms with Gasteiger partial charge in [0, 0.05) is 44.6 Å². The molecule has 11 heteroatoms. The first-order valence-electron chi connectivity index (χ1n) is 13.4. The Bertz CT molecular complexity index is 1290. The molecular formula is C30H39N6O5+. The number of aliphatic hydroxyl groups is 1. The lowest BCUT2D eigenvalue weighted by Crippen LogP contribution is -2.37. The number of carbonyl (C=O) groups is 2. The van der Waals surface area contributed by atoms with E-state index in [0.717, 1.165) is 33.0 Å². The molecule has 1 saturated heterocycles. The highest BCUT2D eigenvalue weighted by molar-refractivity contribution is 5.93. The first-order valence-corrected chi connectivity index (χ1v) is 13.4. The molecule has 11 nitrogen and oxygen atoms in total. The number of hydrogen-bond donors (Lipinski definition) is 5. The summed E-state index contributed by atoms with van der Waals surface area (Å²) in [5.74, 6) is 4.27. The van der Waals surface area contributed by atoms with E-state index in [1.54, 1.807) is 18.4 Å². The number of aliphatic hydroxyl groups excluding tert-OH is 1. The second-order valence-electron chi connectivity index (χ2n) is 9.21. The van der Waals surface area contributed by atoms with Crippen molar-refractivity contribution >= 4 is 23.5 Å². The summed E-state index contributed by atoms with van der Waals surface area (Å²) in [5.41, 5.74) is 6.41. The van der Waals surface area contributed by atoms with Crippen LogP contribution in [0.1, 0.15) is 82.2 Å². The minimum absolute atomic E-state index is 0.0707. The van der Waals surface area contributed by atoms with Gasteiger partial charge in [-0.1, -0.05) is 12.1 Å². The van der Waals surface area contributed by atoms with Crippen LogP contribution in [0, 0.1) is 11.3 Å². The van der Waals surface area contributed by atoms with Gasteiger partial charge in [0.25, 0.3) is 5.91 Å². The summed E-state index contributed by atoms with van der Waals surface area (Å²) >= 11 is 0. The van der Waals surface area contributed by atoms with Crippen LogP contribution in [-0.2, 0) is 0 Å². The second-order valence-corrected chi connectivity index (χ2v) is 9.21. The molecule has 0 radical (unpaired) electrons. The molecule has 1 amide bonds. The van der Waals surface area contributed by atoms with E-state index in [1.807, 2.05) is 18.0 Å². The molecule has 0 unspecified atom stereocenters. The molecule has 41 heavy (non-hydrogen) atoms. The number of imidazole rings is 1. The van der Waals surface area contributed by atoms with Crippen molar-refractivity contribution in [3.8, 4) is 6.07 Å². The van der Waals surface area contributed by atoms with E-state index in [2.05, 4.69) is 45.5 Å². The lowest BCUT2D eigenvalue weighted by molar-refractivity contribution is 0.0710. The van der Waals surface area contributed by atoms with Gasteiger partial charge in [-0.3, -0.25) is 9.59 Å². The van der Waals surface area contributed by atoms with E-state index in [1.165, 1.54) is 60.5 Å². The van der Waals surface area contributed by atoms with Gasteiger partial charge in [-0.25, -0.2) is 15.3 Å². The third-order valence-corrected chi connectivity index (χ3v) is 6.91. The van der Waals surface area contributed by atoms with Gasteiger partial charge in [-0.15, -0.1) is 0 Å². The van der Waals surface area contributed by atoms with Crippen LogP contribution in [0.25, 0.3) is 5.57 Å². The summed E-state index contributed by atoms with van der Waals surface area (Å²) in [7, 11) is 3.00. The maximum atomic E-state index is 12.6. The Kier molecular flexibility index (Phi) is 14.5. The number of rotatable bonds is 5. The zero-order valence-electron chi connectivity index (χ0n) is 23.5. The van der Waals surface area contributed by atoms with Gasteiger partial charge in [0.15, 0.2) is 12.1 Å². The number of piperidine rings is 1. The fourth-order valence-corrected chi connectivity index (χ4v) is 4.90. The number of aromatic amines is 1. The number of nitrogens with one attached hydrogen (secondary N) is 2. The Labute approximate surface area is 240 Å². The molecule has 0 atom stereocenters. The van der Waals surface area contributed by atoms with E-state index in [0.29, 0.717) is 23.5 Å². The number of benzene rings is 1. The summed E-state index contributed by atoms with van der Waals surface area (Å²) in [4.78, 5) is 30.6. The number of amides is 1. The molecule has 0 saturated carbocycles. The number of hydrogen-bond acceptors (Lipinski definition) is 8. The predicted octanol–water partition coefficient (Wildman–Crippen LogP) is 4.62. The van der Waals surface area contributed by atoms with Gasteiger partial charge >= 0.3 is 12.5 Å². The molecule has 1 aliphatic carbocycles. The molecule has 1 aliphatic heterocycles. The van der Waals surface area contributed by atoms with Gasteiger partial charge < -0.3 is 25.5 Å². The maximum Gasteiger partial charge on any atom is 0.330 e. The number of allylic oxidation sites excluding steroid dienone is 2. The van der Waals surface area contributed by atoms with E-state index < -0.39 is 0 Å². The highest BCUT2D eigenvalue weighted by atomic mass is 16.4. The van der Waals surface area contributed by atoms with Crippen molar-refractivity contribution < 1.29 is 24.3 Å². The normalized spacial score (nSPS) is 14.3. The zero-order chi connectivity index (χ0) is 30.0. The number of nitriles is 1. The molecule has 5 rings (SSSR count). The number of H-pyrrole nitrogens is 1. The van der Waals surface area contributed by atoms with Crippen molar-refractivity contribution in [2.75, 3.05) is 32.6 Å². The topological polar surface area (TPSA) is 180 Å². The van der Waals surface area contributed by atoms with Crippen LogP contribution in [0.4, 0.5) is 5.69 Å². The number of nitrogens with two attached hydrogens (primary N) is 1. The molecule has 6 N–H and O–H groups in total. The SMILES string of the molecule is CNc1ccc(C2CCN(C(=O)c3ccc[o+]c3)CC2)cc1C1=CCCCC1.CO.N#Cc1cnc(C=O)[nH]1.NO. The smallest absolute Gasteiger partial charge is 0.330 e. The molecule has 3 heterocycles. The minimum atomic E-state index is 0.0707. The van der Waals surface area contributed by atoms with E-state index >= 15 is 0 Å². The maximum absolute atomic E-state index is 12.6. The summed E-state index contributed by atoms with van der Waals surface area (Å²) in [5, 5.41) is 25.1. The molecular weight excluding hydrogens is 524 g/mol. The van der Waals surface area contributed by atoms with Crippen molar-refractivity contribution in [2.45, 2.75) is 44.4 Å². The van der Waals surface area contributed by atoms with E-state index in [4.69, 9.17) is 20.0 Å². The Hall–Kier alpha value is -4.37. The second kappa shape index (κ2) is 18.1. The van der Waals surface area contributed by atoms with Crippen LogP contribution >= 0.6 is 0 Å². The Morgan fingerprint density at radius 2 is 2.00 bits per heavy atom. The van der Waals surface area contributed by atoms with Crippen LogP contribution < -0.4 is 11.2 Å². The number of aldehydes is 1. The highest BCUT2D eigenvalue weighted by Crippen LogP contribution is 2.36. The Balaban J connectivity index is 0.000000380. The van der Waals surface area contributed by atoms with Gasteiger partial charge in [0.2, 0.25) is 0 Å². The van der Waals surface area contributed by atoms with Gasteiger partial charge in [0.05, 0.1) is 6.20 Å². The monoisotopic (exact) mass is 563 g/mol. The lowest BCUT2D eigenvalue weighted by Gasteiger charge is -2.32. The third kappa shape index (κ3) is 9.36. The average molecular weight is 564 g/mol. The average Bonchev–Trinajstić information content (AvgIpc) is 3.56. The summed E-state index contributed by atoms with van der Waals surface area (Å²) in [6.07, 6.45) is 14.4. The quantitative estimate of drug-likeness (QED) is 0.168. The highest BCUT2D eigenvalue weighted by Gasteiger charge is 2.26. The molecule has 218 valence electrons. The molecule has 3 aromatic rings.